The number of aryl methyl sites for hydroxylation is 1. The van der Waals surface area contributed by atoms with Crippen LogP contribution < -0.4 is 15.0 Å². The van der Waals surface area contributed by atoms with Crippen molar-refractivity contribution in [3.05, 3.63) is 62.7 Å². The summed E-state index contributed by atoms with van der Waals surface area (Å²) in [4.78, 5) is 26.2. The first-order valence-corrected chi connectivity index (χ1v) is 8.62. The van der Waals surface area contributed by atoms with Gasteiger partial charge in [0.25, 0.3) is 11.8 Å². The van der Waals surface area contributed by atoms with E-state index in [1.54, 1.807) is 36.4 Å². The summed E-state index contributed by atoms with van der Waals surface area (Å²) in [5.74, 6) is -0.715. The zero-order valence-electron chi connectivity index (χ0n) is 13.8. The fourth-order valence-electron chi connectivity index (χ4n) is 2.46. The monoisotopic (exact) mass is 410 g/mol. The van der Waals surface area contributed by atoms with E-state index < -0.39 is 11.8 Å². The third-order valence-electron chi connectivity index (χ3n) is 3.86. The van der Waals surface area contributed by atoms with E-state index in [0.717, 1.165) is 10.5 Å². The lowest BCUT2D eigenvalue weighted by molar-refractivity contribution is -0.120. The van der Waals surface area contributed by atoms with E-state index in [-0.39, 0.29) is 10.7 Å². The number of amides is 2. The Morgan fingerprint density at radius 1 is 0.962 bits per heavy atom. The number of rotatable bonds is 4. The molecule has 5 nitrogen and oxygen atoms in total. The van der Waals surface area contributed by atoms with Gasteiger partial charge in [-0.05, 0) is 42.8 Å². The van der Waals surface area contributed by atoms with Crippen LogP contribution in [0.3, 0.4) is 0 Å². The molecule has 1 N–H and O–H groups in total. The number of halogens is 3. The standard InChI is InChI=1S/C18H13Cl3N2O3/c1-9-3-5-11(8-12(9)19)23-17(24)15(21)16(18(23)25)22-10-4-6-14(26-2)13(20)7-10/h3-8,22H,1-2H3. The summed E-state index contributed by atoms with van der Waals surface area (Å²) in [5, 5.41) is 3.44. The van der Waals surface area contributed by atoms with Gasteiger partial charge in [-0.1, -0.05) is 40.9 Å². The van der Waals surface area contributed by atoms with E-state index in [1.807, 2.05) is 6.92 Å². The van der Waals surface area contributed by atoms with Crippen LogP contribution in [0.4, 0.5) is 11.4 Å². The van der Waals surface area contributed by atoms with Crippen molar-refractivity contribution in [2.75, 3.05) is 17.3 Å². The normalized spacial score (nSPS) is 14.3. The zero-order chi connectivity index (χ0) is 19.0. The van der Waals surface area contributed by atoms with Gasteiger partial charge in [0, 0.05) is 10.7 Å². The van der Waals surface area contributed by atoms with Crippen molar-refractivity contribution < 1.29 is 14.3 Å². The third kappa shape index (κ3) is 3.26. The van der Waals surface area contributed by atoms with Gasteiger partial charge < -0.3 is 10.1 Å². The first-order chi connectivity index (χ1) is 12.3. The number of benzene rings is 2. The third-order valence-corrected chi connectivity index (χ3v) is 4.92. The summed E-state index contributed by atoms with van der Waals surface area (Å²) in [5.41, 5.74) is 1.64. The molecule has 26 heavy (non-hydrogen) atoms. The molecule has 0 saturated heterocycles. The highest BCUT2D eigenvalue weighted by atomic mass is 35.5. The van der Waals surface area contributed by atoms with Gasteiger partial charge in [-0.2, -0.15) is 0 Å². The van der Waals surface area contributed by atoms with Crippen LogP contribution in [-0.4, -0.2) is 18.9 Å². The van der Waals surface area contributed by atoms with Gasteiger partial charge in [0.1, 0.15) is 16.5 Å². The Labute approximate surface area is 165 Å². The number of nitrogens with one attached hydrogen (secondary N) is 1. The number of carbonyl (C=O) groups is 2. The lowest BCUT2D eigenvalue weighted by Crippen LogP contribution is -2.32. The van der Waals surface area contributed by atoms with Crippen LogP contribution in [0, 0.1) is 6.92 Å². The molecule has 3 rings (SSSR count). The molecule has 2 aromatic rings. The minimum absolute atomic E-state index is 0.0328. The SMILES string of the molecule is COc1ccc(NC2=C(Cl)C(=O)N(c3ccc(C)c(Cl)c3)C2=O)cc1Cl. The Kier molecular flexibility index (Phi) is 5.14. The summed E-state index contributed by atoms with van der Waals surface area (Å²) < 4.78 is 5.09. The average molecular weight is 412 g/mol. The van der Waals surface area contributed by atoms with E-state index >= 15 is 0 Å². The van der Waals surface area contributed by atoms with Gasteiger partial charge in [0.2, 0.25) is 0 Å². The van der Waals surface area contributed by atoms with Crippen molar-refractivity contribution in [1.82, 2.24) is 0 Å². The van der Waals surface area contributed by atoms with Crippen molar-refractivity contribution >= 4 is 58.0 Å². The fraction of sp³-hybridized carbons (Fsp3) is 0.111. The number of carbonyl (C=O) groups excluding carboxylic acids is 2. The summed E-state index contributed by atoms with van der Waals surface area (Å²) >= 11 is 18.3. The van der Waals surface area contributed by atoms with Crippen LogP contribution in [0.1, 0.15) is 5.56 Å². The molecule has 1 aliphatic rings. The topological polar surface area (TPSA) is 58.6 Å². The number of ether oxygens (including phenoxy) is 1. The molecule has 1 aliphatic heterocycles. The molecule has 0 saturated carbocycles. The van der Waals surface area contributed by atoms with Crippen LogP contribution in [0.15, 0.2) is 47.1 Å². The number of anilines is 2. The number of hydrogen-bond donors (Lipinski definition) is 1. The Morgan fingerprint density at radius 2 is 1.69 bits per heavy atom. The van der Waals surface area contributed by atoms with Crippen LogP contribution in [0.5, 0.6) is 5.75 Å². The zero-order valence-corrected chi connectivity index (χ0v) is 16.0. The van der Waals surface area contributed by atoms with Crippen molar-refractivity contribution in [1.29, 1.82) is 0 Å². The number of hydrogen-bond acceptors (Lipinski definition) is 4. The molecule has 2 aromatic carbocycles. The molecule has 0 fully saturated rings. The van der Waals surface area contributed by atoms with Gasteiger partial charge in [-0.25, -0.2) is 4.90 Å². The molecular formula is C18H13Cl3N2O3. The van der Waals surface area contributed by atoms with Crippen LogP contribution in [0.2, 0.25) is 10.0 Å². The number of methoxy groups -OCH3 is 1. The second-order valence-electron chi connectivity index (χ2n) is 5.54. The van der Waals surface area contributed by atoms with Gasteiger partial charge in [0.15, 0.2) is 0 Å². The molecule has 0 atom stereocenters. The predicted octanol–water partition coefficient (Wildman–Crippen LogP) is 4.75. The first kappa shape index (κ1) is 18.6. The van der Waals surface area contributed by atoms with E-state index in [9.17, 15) is 9.59 Å². The van der Waals surface area contributed by atoms with E-state index in [2.05, 4.69) is 5.32 Å². The second kappa shape index (κ2) is 7.19. The maximum atomic E-state index is 12.7. The van der Waals surface area contributed by atoms with Crippen molar-refractivity contribution in [2.45, 2.75) is 6.92 Å². The van der Waals surface area contributed by atoms with Crippen molar-refractivity contribution in [3.8, 4) is 5.75 Å². The van der Waals surface area contributed by atoms with Gasteiger partial charge in [0.05, 0.1) is 17.8 Å². The minimum Gasteiger partial charge on any atom is -0.495 e. The van der Waals surface area contributed by atoms with Gasteiger partial charge >= 0.3 is 0 Å². The minimum atomic E-state index is -0.626. The predicted molar refractivity (Wildman–Crippen MR) is 103 cm³/mol. The van der Waals surface area contributed by atoms with Crippen LogP contribution in [-0.2, 0) is 9.59 Å². The summed E-state index contributed by atoms with van der Waals surface area (Å²) in [6, 6.07) is 9.77. The van der Waals surface area contributed by atoms with E-state index in [0.29, 0.717) is 27.2 Å². The van der Waals surface area contributed by atoms with E-state index in [1.165, 1.54) is 7.11 Å². The van der Waals surface area contributed by atoms with Crippen LogP contribution >= 0.6 is 34.8 Å². The maximum Gasteiger partial charge on any atom is 0.283 e. The highest BCUT2D eigenvalue weighted by molar-refractivity contribution is 6.53. The number of imide groups is 1. The van der Waals surface area contributed by atoms with Crippen molar-refractivity contribution in [3.63, 3.8) is 0 Å². The molecule has 0 aliphatic carbocycles. The van der Waals surface area contributed by atoms with Gasteiger partial charge in [-0.3, -0.25) is 9.59 Å². The molecule has 0 bridgehead atoms. The molecule has 0 spiro atoms. The second-order valence-corrected chi connectivity index (χ2v) is 6.73. The molecule has 2 amide bonds. The average Bonchev–Trinajstić information content (AvgIpc) is 2.81. The Hall–Kier alpha value is -2.21. The maximum absolute atomic E-state index is 12.7. The molecular weight excluding hydrogens is 399 g/mol. The molecule has 0 radical (unpaired) electrons. The highest BCUT2D eigenvalue weighted by Gasteiger charge is 2.39. The Bertz CT molecular complexity index is 957. The number of nitrogens with zero attached hydrogens (tertiary/aromatic N) is 1. The van der Waals surface area contributed by atoms with Crippen LogP contribution in [0.25, 0.3) is 0 Å². The molecule has 134 valence electrons. The Morgan fingerprint density at radius 3 is 2.31 bits per heavy atom. The molecule has 0 aromatic heterocycles. The van der Waals surface area contributed by atoms with Gasteiger partial charge in [-0.15, -0.1) is 0 Å². The molecule has 8 heteroatoms. The lowest BCUT2D eigenvalue weighted by Gasteiger charge is -2.16. The first-order valence-electron chi connectivity index (χ1n) is 7.48. The quantitative estimate of drug-likeness (QED) is 0.738. The summed E-state index contributed by atoms with van der Waals surface area (Å²) in [7, 11) is 1.50. The highest BCUT2D eigenvalue weighted by Crippen LogP contribution is 2.33. The van der Waals surface area contributed by atoms with E-state index in [4.69, 9.17) is 39.5 Å². The van der Waals surface area contributed by atoms with Crippen molar-refractivity contribution in [2.24, 2.45) is 0 Å². The molecule has 1 heterocycles. The summed E-state index contributed by atoms with van der Waals surface area (Å²) in [6.45, 7) is 1.82. The Balaban J connectivity index is 1.91. The molecule has 0 unspecified atom stereocenters. The summed E-state index contributed by atoms with van der Waals surface area (Å²) in [6.07, 6.45) is 0. The lowest BCUT2D eigenvalue weighted by atomic mass is 10.2. The largest absolute Gasteiger partial charge is 0.495 e. The smallest absolute Gasteiger partial charge is 0.283 e. The fourth-order valence-corrected chi connectivity index (χ4v) is 3.10.